The lowest BCUT2D eigenvalue weighted by molar-refractivity contribution is 0.0934. The maximum Gasteiger partial charge on any atom is 0.262 e. The fraction of sp³-hybridized carbons (Fsp3) is 0.500. The van der Waals surface area contributed by atoms with E-state index in [1.807, 2.05) is 4.90 Å². The van der Waals surface area contributed by atoms with Gasteiger partial charge in [-0.15, -0.1) is 11.3 Å². The molecule has 0 atom stereocenters. The Kier molecular flexibility index (Phi) is 6.93. The van der Waals surface area contributed by atoms with Crippen molar-refractivity contribution in [2.75, 3.05) is 31.1 Å². The molecule has 1 saturated heterocycles. The Bertz CT molecular complexity index is 1010. The minimum atomic E-state index is -3.80. The number of halogens is 1. The molecule has 0 bridgehead atoms. The fourth-order valence-corrected chi connectivity index (χ4v) is 7.08. The summed E-state index contributed by atoms with van der Waals surface area (Å²) in [5.74, 6) is -0.612. The zero-order chi connectivity index (χ0) is 21.8. The van der Waals surface area contributed by atoms with Crippen molar-refractivity contribution in [3.63, 3.8) is 0 Å². The second-order valence-corrected chi connectivity index (χ2v) is 10.9. The molecule has 1 aromatic carbocycles. The number of para-hydroxylation sites is 1. The number of thiophene rings is 1. The predicted octanol–water partition coefficient (Wildman–Crippen LogP) is 3.85. The Hall–Kier alpha value is -1.97. The average Bonchev–Trinajstić information content (AvgIpc) is 3.14. The van der Waals surface area contributed by atoms with Gasteiger partial charge in [0.2, 0.25) is 10.0 Å². The van der Waals surface area contributed by atoms with Gasteiger partial charge in [-0.25, -0.2) is 12.8 Å². The third-order valence-electron chi connectivity index (χ3n) is 6.08. The largest absolute Gasteiger partial charge is 0.367 e. The first-order valence-corrected chi connectivity index (χ1v) is 13.2. The highest BCUT2D eigenvalue weighted by molar-refractivity contribution is 7.89. The molecule has 1 N–H and O–H groups in total. The first-order valence-electron chi connectivity index (χ1n) is 10.8. The maximum atomic E-state index is 14.1. The molecule has 2 fully saturated rings. The number of sulfonamides is 1. The van der Waals surface area contributed by atoms with Crippen LogP contribution in [0.1, 0.15) is 48.2 Å². The summed E-state index contributed by atoms with van der Waals surface area (Å²) in [6.45, 7) is 1.29. The standard InChI is InChI=1S/C22H28FN3O3S2/c23-18-9-5-6-10-19(18)25-12-14-26(15-13-25)31(28,29)20-11-16-30-21(20)22(27)24-17-7-3-1-2-4-8-17/h5-6,9-11,16-17H,1-4,7-8,12-15H2,(H,24,27). The number of nitrogens with zero attached hydrogens (tertiary/aromatic N) is 2. The Morgan fingerprint density at radius 3 is 2.35 bits per heavy atom. The van der Waals surface area contributed by atoms with Crippen molar-refractivity contribution in [2.24, 2.45) is 0 Å². The van der Waals surface area contributed by atoms with E-state index in [1.54, 1.807) is 23.6 Å². The van der Waals surface area contributed by atoms with Crippen LogP contribution in [0.5, 0.6) is 0 Å². The molecule has 1 aliphatic heterocycles. The topological polar surface area (TPSA) is 69.7 Å². The van der Waals surface area contributed by atoms with Crippen LogP contribution in [0.3, 0.4) is 0 Å². The van der Waals surface area contributed by atoms with Gasteiger partial charge in [-0.05, 0) is 36.4 Å². The number of benzene rings is 1. The van der Waals surface area contributed by atoms with Crippen molar-refractivity contribution in [2.45, 2.75) is 49.5 Å². The maximum absolute atomic E-state index is 14.1. The van der Waals surface area contributed by atoms with Gasteiger partial charge in [-0.1, -0.05) is 37.8 Å². The molecule has 1 saturated carbocycles. The number of anilines is 1. The average molecular weight is 466 g/mol. The smallest absolute Gasteiger partial charge is 0.262 e. The highest BCUT2D eigenvalue weighted by atomic mass is 32.2. The van der Waals surface area contributed by atoms with Gasteiger partial charge in [0.05, 0.1) is 5.69 Å². The lowest BCUT2D eigenvalue weighted by atomic mass is 10.1. The summed E-state index contributed by atoms with van der Waals surface area (Å²) in [6.07, 6.45) is 6.43. The summed E-state index contributed by atoms with van der Waals surface area (Å²) >= 11 is 1.16. The van der Waals surface area contributed by atoms with E-state index in [-0.39, 0.29) is 40.6 Å². The van der Waals surface area contributed by atoms with Crippen molar-refractivity contribution in [1.29, 1.82) is 0 Å². The normalized spacial score (nSPS) is 19.2. The molecule has 1 amide bonds. The summed E-state index contributed by atoms with van der Waals surface area (Å²) < 4.78 is 42.1. The molecule has 2 heterocycles. The van der Waals surface area contributed by atoms with Gasteiger partial charge >= 0.3 is 0 Å². The van der Waals surface area contributed by atoms with Crippen LogP contribution >= 0.6 is 11.3 Å². The van der Waals surface area contributed by atoms with Crippen LogP contribution in [-0.2, 0) is 10.0 Å². The van der Waals surface area contributed by atoms with Crippen molar-refractivity contribution >= 4 is 33.0 Å². The molecular formula is C22H28FN3O3S2. The molecule has 9 heteroatoms. The number of carbonyl (C=O) groups excluding carboxylic acids is 1. The highest BCUT2D eigenvalue weighted by Crippen LogP contribution is 2.28. The molecule has 1 aromatic heterocycles. The van der Waals surface area contributed by atoms with Gasteiger partial charge in [0.1, 0.15) is 15.6 Å². The van der Waals surface area contributed by atoms with Crippen LogP contribution in [0, 0.1) is 5.82 Å². The van der Waals surface area contributed by atoms with E-state index in [0.29, 0.717) is 18.8 Å². The molecule has 31 heavy (non-hydrogen) atoms. The number of hydrogen-bond donors (Lipinski definition) is 1. The van der Waals surface area contributed by atoms with Gasteiger partial charge in [0.15, 0.2) is 0 Å². The van der Waals surface area contributed by atoms with Crippen LogP contribution in [0.15, 0.2) is 40.6 Å². The first-order chi connectivity index (χ1) is 15.0. The van der Waals surface area contributed by atoms with E-state index in [2.05, 4.69) is 5.32 Å². The second kappa shape index (κ2) is 9.67. The van der Waals surface area contributed by atoms with Crippen LogP contribution in [0.4, 0.5) is 10.1 Å². The zero-order valence-electron chi connectivity index (χ0n) is 17.4. The van der Waals surface area contributed by atoms with E-state index < -0.39 is 10.0 Å². The minimum Gasteiger partial charge on any atom is -0.367 e. The molecule has 2 aromatic rings. The van der Waals surface area contributed by atoms with Crippen molar-refractivity contribution in [3.8, 4) is 0 Å². The van der Waals surface area contributed by atoms with E-state index in [1.165, 1.54) is 29.3 Å². The Morgan fingerprint density at radius 2 is 1.68 bits per heavy atom. The number of rotatable bonds is 5. The number of hydrogen-bond acceptors (Lipinski definition) is 5. The fourth-order valence-electron chi connectivity index (χ4n) is 4.36. The molecule has 2 aliphatic rings. The predicted molar refractivity (Wildman–Crippen MR) is 121 cm³/mol. The molecule has 0 radical (unpaired) electrons. The van der Waals surface area contributed by atoms with E-state index in [4.69, 9.17) is 0 Å². The third-order valence-corrected chi connectivity index (χ3v) is 9.06. The van der Waals surface area contributed by atoms with Gasteiger partial charge in [-0.3, -0.25) is 4.79 Å². The summed E-state index contributed by atoms with van der Waals surface area (Å²) in [4.78, 5) is 15.1. The Morgan fingerprint density at radius 1 is 1.00 bits per heavy atom. The van der Waals surface area contributed by atoms with Crippen LogP contribution in [-0.4, -0.2) is 50.9 Å². The molecule has 1 aliphatic carbocycles. The quantitative estimate of drug-likeness (QED) is 0.681. The molecule has 4 rings (SSSR count). The summed E-state index contributed by atoms with van der Waals surface area (Å²) in [6, 6.07) is 8.14. The van der Waals surface area contributed by atoms with E-state index >= 15 is 0 Å². The number of amides is 1. The Labute approximate surface area is 187 Å². The lowest BCUT2D eigenvalue weighted by Crippen LogP contribution is -2.49. The van der Waals surface area contributed by atoms with Gasteiger partial charge in [-0.2, -0.15) is 4.31 Å². The van der Waals surface area contributed by atoms with E-state index in [9.17, 15) is 17.6 Å². The number of piperazine rings is 1. The Balaban J connectivity index is 1.44. The minimum absolute atomic E-state index is 0.0722. The van der Waals surface area contributed by atoms with Crippen LogP contribution in [0.2, 0.25) is 0 Å². The SMILES string of the molecule is O=C(NC1CCCCCC1)c1sccc1S(=O)(=O)N1CCN(c2ccccc2F)CC1. The van der Waals surface area contributed by atoms with E-state index in [0.717, 1.165) is 37.0 Å². The van der Waals surface area contributed by atoms with Gasteiger partial charge in [0, 0.05) is 32.2 Å². The molecule has 168 valence electrons. The van der Waals surface area contributed by atoms with Crippen LogP contribution in [0.25, 0.3) is 0 Å². The summed E-state index contributed by atoms with van der Waals surface area (Å²) in [7, 11) is -3.80. The zero-order valence-corrected chi connectivity index (χ0v) is 19.1. The van der Waals surface area contributed by atoms with Crippen molar-refractivity contribution in [3.05, 3.63) is 46.4 Å². The van der Waals surface area contributed by atoms with Crippen molar-refractivity contribution < 1.29 is 17.6 Å². The number of nitrogens with one attached hydrogen (secondary N) is 1. The number of carbonyl (C=O) groups is 1. The van der Waals surface area contributed by atoms with Gasteiger partial charge in [0.25, 0.3) is 5.91 Å². The van der Waals surface area contributed by atoms with Crippen molar-refractivity contribution in [1.82, 2.24) is 9.62 Å². The first kappa shape index (κ1) is 22.2. The monoisotopic (exact) mass is 465 g/mol. The van der Waals surface area contributed by atoms with Crippen LogP contribution < -0.4 is 10.2 Å². The molecule has 0 spiro atoms. The molecule has 0 unspecified atom stereocenters. The molecular weight excluding hydrogens is 437 g/mol. The third kappa shape index (κ3) is 4.94. The van der Waals surface area contributed by atoms with Gasteiger partial charge < -0.3 is 10.2 Å². The highest BCUT2D eigenvalue weighted by Gasteiger charge is 2.33. The second-order valence-electron chi connectivity index (χ2n) is 8.12. The molecule has 6 nitrogen and oxygen atoms in total. The summed E-state index contributed by atoms with van der Waals surface area (Å²) in [5, 5.41) is 4.71. The summed E-state index contributed by atoms with van der Waals surface area (Å²) in [5.41, 5.74) is 0.485. The lowest BCUT2D eigenvalue weighted by Gasteiger charge is -2.35.